The first-order chi connectivity index (χ1) is 8.43. The van der Waals surface area contributed by atoms with Gasteiger partial charge in [-0.2, -0.15) is 0 Å². The molecule has 1 aromatic rings. The maximum Gasteiger partial charge on any atom is 0.0175 e. The molecule has 0 unspecified atom stereocenters. The lowest BCUT2D eigenvalue weighted by Gasteiger charge is -2.26. The Bertz CT molecular complexity index is 346. The highest BCUT2D eigenvalue weighted by Gasteiger charge is 2.15. The quantitative estimate of drug-likeness (QED) is 0.837. The zero-order chi connectivity index (χ0) is 13.6. The molecule has 2 nitrogen and oxygen atoms in total. The van der Waals surface area contributed by atoms with Gasteiger partial charge in [-0.25, -0.2) is 0 Å². The molecule has 0 bridgehead atoms. The largest absolute Gasteiger partial charge is 0.330 e. The van der Waals surface area contributed by atoms with E-state index < -0.39 is 0 Å². The van der Waals surface area contributed by atoms with Crippen molar-refractivity contribution in [3.63, 3.8) is 0 Å². The highest BCUT2D eigenvalue weighted by atomic mass is 79.9. The molecule has 0 aromatic heterocycles. The van der Waals surface area contributed by atoms with E-state index in [1.807, 2.05) is 0 Å². The molecule has 0 amide bonds. The summed E-state index contributed by atoms with van der Waals surface area (Å²) in [5.41, 5.74) is 7.40. The van der Waals surface area contributed by atoms with Crippen LogP contribution in [-0.2, 0) is 6.42 Å². The van der Waals surface area contributed by atoms with E-state index in [-0.39, 0.29) is 5.41 Å². The number of likely N-dealkylation sites (N-methyl/N-ethyl adjacent to an activating group) is 1. The van der Waals surface area contributed by atoms with E-state index in [0.717, 1.165) is 36.9 Å². The molecule has 0 radical (unpaired) electrons. The van der Waals surface area contributed by atoms with E-state index in [9.17, 15) is 0 Å². The average Bonchev–Trinajstić information content (AvgIpc) is 2.36. The molecule has 18 heavy (non-hydrogen) atoms. The molecule has 0 fully saturated rings. The fraction of sp³-hybridized carbons (Fsp3) is 0.600. The number of rotatable bonds is 7. The van der Waals surface area contributed by atoms with Gasteiger partial charge in [0.15, 0.2) is 0 Å². The van der Waals surface area contributed by atoms with Gasteiger partial charge in [-0.1, -0.05) is 41.9 Å². The van der Waals surface area contributed by atoms with Crippen molar-refractivity contribution in [3.05, 3.63) is 34.3 Å². The minimum Gasteiger partial charge on any atom is -0.330 e. The molecule has 0 spiro atoms. The molecule has 3 heteroatoms. The van der Waals surface area contributed by atoms with Gasteiger partial charge in [0, 0.05) is 11.0 Å². The summed E-state index contributed by atoms with van der Waals surface area (Å²) in [6.45, 7) is 7.43. The fourth-order valence-corrected chi connectivity index (χ4v) is 1.94. The van der Waals surface area contributed by atoms with Gasteiger partial charge in [0.2, 0.25) is 0 Å². The standard InChI is InChI=1S/C15H25BrN2/c1-15(2,12-17)9-11-18(3)10-8-13-4-6-14(16)7-5-13/h4-7H,8-12,17H2,1-3H3. The highest BCUT2D eigenvalue weighted by Crippen LogP contribution is 2.18. The topological polar surface area (TPSA) is 29.3 Å². The van der Waals surface area contributed by atoms with Crippen LogP contribution >= 0.6 is 15.9 Å². The van der Waals surface area contributed by atoms with Crippen LogP contribution in [0.25, 0.3) is 0 Å². The Morgan fingerprint density at radius 2 is 1.78 bits per heavy atom. The summed E-state index contributed by atoms with van der Waals surface area (Å²) in [5, 5.41) is 0. The second-order valence-electron chi connectivity index (χ2n) is 5.80. The summed E-state index contributed by atoms with van der Waals surface area (Å²) in [6.07, 6.45) is 2.26. The van der Waals surface area contributed by atoms with Gasteiger partial charge in [0.25, 0.3) is 0 Å². The zero-order valence-corrected chi connectivity index (χ0v) is 13.3. The van der Waals surface area contributed by atoms with E-state index in [1.165, 1.54) is 5.56 Å². The van der Waals surface area contributed by atoms with Gasteiger partial charge >= 0.3 is 0 Å². The summed E-state index contributed by atoms with van der Waals surface area (Å²) in [6, 6.07) is 8.57. The number of nitrogens with zero attached hydrogens (tertiary/aromatic N) is 1. The lowest BCUT2D eigenvalue weighted by atomic mass is 9.89. The maximum absolute atomic E-state index is 5.75. The van der Waals surface area contributed by atoms with Crippen molar-refractivity contribution < 1.29 is 0 Å². The normalized spacial score (nSPS) is 12.1. The Labute approximate surface area is 120 Å². The van der Waals surface area contributed by atoms with Gasteiger partial charge in [-0.05, 0) is 56.1 Å². The molecular weight excluding hydrogens is 288 g/mol. The van der Waals surface area contributed by atoms with Crippen molar-refractivity contribution in [2.24, 2.45) is 11.1 Å². The Hall–Kier alpha value is -0.380. The van der Waals surface area contributed by atoms with Gasteiger partial charge in [-0.3, -0.25) is 0 Å². The molecule has 0 aliphatic heterocycles. The van der Waals surface area contributed by atoms with Crippen LogP contribution in [0.1, 0.15) is 25.8 Å². The fourth-order valence-electron chi connectivity index (χ4n) is 1.68. The Kier molecular flexibility index (Phi) is 6.33. The third-order valence-electron chi connectivity index (χ3n) is 3.42. The van der Waals surface area contributed by atoms with Crippen LogP contribution in [0.5, 0.6) is 0 Å². The predicted octanol–water partition coefficient (Wildman–Crippen LogP) is 3.30. The first kappa shape index (κ1) is 15.7. The van der Waals surface area contributed by atoms with Crippen molar-refractivity contribution in [2.45, 2.75) is 26.7 Å². The Morgan fingerprint density at radius 1 is 1.17 bits per heavy atom. The summed E-state index contributed by atoms with van der Waals surface area (Å²) >= 11 is 3.46. The van der Waals surface area contributed by atoms with E-state index in [4.69, 9.17) is 5.73 Å². The van der Waals surface area contributed by atoms with Crippen LogP contribution in [0, 0.1) is 5.41 Å². The SMILES string of the molecule is CN(CCc1ccc(Br)cc1)CCC(C)(C)CN. The van der Waals surface area contributed by atoms with Crippen molar-refractivity contribution in [1.82, 2.24) is 4.90 Å². The Morgan fingerprint density at radius 3 is 2.33 bits per heavy atom. The van der Waals surface area contributed by atoms with Crippen molar-refractivity contribution >= 4 is 15.9 Å². The maximum atomic E-state index is 5.75. The van der Waals surface area contributed by atoms with Crippen molar-refractivity contribution in [1.29, 1.82) is 0 Å². The molecule has 0 aliphatic rings. The average molecular weight is 313 g/mol. The third kappa shape index (κ3) is 5.98. The van der Waals surface area contributed by atoms with Crippen molar-refractivity contribution in [3.8, 4) is 0 Å². The van der Waals surface area contributed by atoms with Gasteiger partial charge in [-0.15, -0.1) is 0 Å². The van der Waals surface area contributed by atoms with E-state index in [0.29, 0.717) is 0 Å². The molecule has 102 valence electrons. The zero-order valence-electron chi connectivity index (χ0n) is 11.7. The number of hydrogen-bond donors (Lipinski definition) is 1. The summed E-state index contributed by atoms with van der Waals surface area (Å²) in [7, 11) is 2.19. The number of nitrogens with two attached hydrogens (primary N) is 1. The van der Waals surface area contributed by atoms with Crippen LogP contribution in [0.15, 0.2) is 28.7 Å². The van der Waals surface area contributed by atoms with Crippen LogP contribution in [-0.4, -0.2) is 31.6 Å². The molecule has 1 rings (SSSR count). The van der Waals surface area contributed by atoms with E-state index in [2.05, 4.69) is 66.0 Å². The van der Waals surface area contributed by atoms with Crippen LogP contribution in [0.4, 0.5) is 0 Å². The lowest BCUT2D eigenvalue weighted by molar-refractivity contribution is 0.256. The third-order valence-corrected chi connectivity index (χ3v) is 3.95. The molecule has 0 atom stereocenters. The summed E-state index contributed by atoms with van der Waals surface area (Å²) in [4.78, 5) is 2.39. The summed E-state index contributed by atoms with van der Waals surface area (Å²) in [5.74, 6) is 0. The monoisotopic (exact) mass is 312 g/mol. The number of halogens is 1. The minimum atomic E-state index is 0.256. The van der Waals surface area contributed by atoms with E-state index >= 15 is 0 Å². The second-order valence-corrected chi connectivity index (χ2v) is 6.71. The number of benzene rings is 1. The summed E-state index contributed by atoms with van der Waals surface area (Å²) < 4.78 is 1.14. The van der Waals surface area contributed by atoms with Gasteiger partial charge in [0.1, 0.15) is 0 Å². The molecule has 0 aliphatic carbocycles. The highest BCUT2D eigenvalue weighted by molar-refractivity contribution is 9.10. The molecule has 0 saturated heterocycles. The second kappa shape index (κ2) is 7.27. The predicted molar refractivity (Wildman–Crippen MR) is 82.8 cm³/mol. The van der Waals surface area contributed by atoms with Crippen LogP contribution in [0.3, 0.4) is 0 Å². The molecular formula is C15H25BrN2. The molecule has 2 N–H and O–H groups in total. The number of hydrogen-bond acceptors (Lipinski definition) is 2. The minimum absolute atomic E-state index is 0.256. The van der Waals surface area contributed by atoms with Gasteiger partial charge in [0.05, 0.1) is 0 Å². The molecule has 0 saturated carbocycles. The van der Waals surface area contributed by atoms with Crippen LogP contribution in [0.2, 0.25) is 0 Å². The van der Waals surface area contributed by atoms with Gasteiger partial charge < -0.3 is 10.6 Å². The lowest BCUT2D eigenvalue weighted by Crippen LogP contribution is -2.30. The van der Waals surface area contributed by atoms with Crippen LogP contribution < -0.4 is 5.73 Å². The Balaban J connectivity index is 2.29. The molecule has 1 aromatic carbocycles. The molecule has 0 heterocycles. The van der Waals surface area contributed by atoms with E-state index in [1.54, 1.807) is 0 Å². The van der Waals surface area contributed by atoms with Crippen molar-refractivity contribution in [2.75, 3.05) is 26.7 Å². The first-order valence-electron chi connectivity index (χ1n) is 6.56. The first-order valence-corrected chi connectivity index (χ1v) is 7.35. The smallest absolute Gasteiger partial charge is 0.0175 e.